The van der Waals surface area contributed by atoms with Crippen LogP contribution in [0.1, 0.15) is 13.8 Å². The fraction of sp³-hybridized carbons (Fsp3) is 0.778. The lowest BCUT2D eigenvalue weighted by atomic mass is 10.1. The van der Waals surface area contributed by atoms with E-state index in [-0.39, 0.29) is 0 Å². The molecule has 1 heterocycles. The average molecular weight is 234 g/mol. The number of esters is 2. The molecule has 2 N–H and O–H groups in total. The van der Waals surface area contributed by atoms with Gasteiger partial charge in [-0.1, -0.05) is 0 Å². The number of ether oxygens (including phenoxy) is 3. The Morgan fingerprint density at radius 1 is 1.19 bits per heavy atom. The van der Waals surface area contributed by atoms with Crippen LogP contribution in [0.3, 0.4) is 0 Å². The van der Waals surface area contributed by atoms with Gasteiger partial charge in [0.1, 0.15) is 6.10 Å². The average Bonchev–Trinajstić information content (AvgIpc) is 2.44. The molecule has 0 aliphatic carbocycles. The van der Waals surface area contributed by atoms with Crippen LogP contribution in [0.2, 0.25) is 0 Å². The van der Waals surface area contributed by atoms with Crippen molar-refractivity contribution in [2.24, 2.45) is 0 Å². The van der Waals surface area contributed by atoms with Crippen LogP contribution in [0.5, 0.6) is 0 Å². The first-order valence-electron chi connectivity index (χ1n) is 4.74. The van der Waals surface area contributed by atoms with Gasteiger partial charge in [-0.05, 0) is 0 Å². The summed E-state index contributed by atoms with van der Waals surface area (Å²) in [4.78, 5) is 21.6. The van der Waals surface area contributed by atoms with E-state index in [1.807, 2.05) is 0 Å². The van der Waals surface area contributed by atoms with Crippen LogP contribution in [-0.2, 0) is 23.8 Å². The van der Waals surface area contributed by atoms with Gasteiger partial charge in [-0.15, -0.1) is 0 Å². The Labute approximate surface area is 91.9 Å². The summed E-state index contributed by atoms with van der Waals surface area (Å²) in [6, 6.07) is 0. The molecule has 1 saturated heterocycles. The van der Waals surface area contributed by atoms with E-state index < -0.39 is 43.1 Å². The molecule has 0 radical (unpaired) electrons. The number of hydrogen-bond donors (Lipinski definition) is 2. The first kappa shape index (κ1) is 12.9. The molecular formula is C9H14O7. The van der Waals surface area contributed by atoms with Crippen LogP contribution in [0.25, 0.3) is 0 Å². The van der Waals surface area contributed by atoms with Gasteiger partial charge in [0, 0.05) is 13.8 Å². The fourth-order valence-electron chi connectivity index (χ4n) is 1.51. The van der Waals surface area contributed by atoms with Crippen molar-refractivity contribution in [2.45, 2.75) is 38.4 Å². The molecule has 1 aliphatic heterocycles. The minimum absolute atomic E-state index is 0.452. The molecular weight excluding hydrogens is 220 g/mol. The van der Waals surface area contributed by atoms with Gasteiger partial charge in [0.05, 0.1) is 6.61 Å². The van der Waals surface area contributed by atoms with Crippen LogP contribution in [0.4, 0.5) is 0 Å². The highest BCUT2D eigenvalue weighted by molar-refractivity contribution is 5.67. The zero-order valence-electron chi connectivity index (χ0n) is 8.95. The molecule has 1 fully saturated rings. The molecule has 1 rings (SSSR count). The fourth-order valence-corrected chi connectivity index (χ4v) is 1.51. The van der Waals surface area contributed by atoms with Gasteiger partial charge < -0.3 is 24.4 Å². The highest BCUT2D eigenvalue weighted by atomic mass is 16.7. The maximum Gasteiger partial charge on any atom is 0.303 e. The zero-order chi connectivity index (χ0) is 12.3. The SMILES string of the molecule is CC(=O)O[C@H]1[C@H](OC(C)=O)[C@@H](CO)O[C@H]1O. The molecule has 0 saturated carbocycles. The summed E-state index contributed by atoms with van der Waals surface area (Å²) in [5.41, 5.74) is 0. The molecule has 7 nitrogen and oxygen atoms in total. The molecule has 1 aliphatic rings. The van der Waals surface area contributed by atoms with E-state index in [2.05, 4.69) is 0 Å². The minimum atomic E-state index is -1.41. The quantitative estimate of drug-likeness (QED) is 0.576. The van der Waals surface area contributed by atoms with Crippen LogP contribution in [0.15, 0.2) is 0 Å². The molecule has 0 amide bonds. The van der Waals surface area contributed by atoms with Gasteiger partial charge in [-0.25, -0.2) is 0 Å². The lowest BCUT2D eigenvalue weighted by molar-refractivity contribution is -0.174. The maximum atomic E-state index is 10.8. The van der Waals surface area contributed by atoms with Crippen molar-refractivity contribution in [3.63, 3.8) is 0 Å². The van der Waals surface area contributed by atoms with Gasteiger partial charge in [0.15, 0.2) is 18.5 Å². The van der Waals surface area contributed by atoms with E-state index in [0.29, 0.717) is 0 Å². The molecule has 0 aromatic carbocycles. The van der Waals surface area contributed by atoms with Crippen LogP contribution in [-0.4, -0.2) is 53.4 Å². The maximum absolute atomic E-state index is 10.8. The lowest BCUT2D eigenvalue weighted by Crippen LogP contribution is -2.40. The second-order valence-electron chi connectivity index (χ2n) is 3.40. The van der Waals surface area contributed by atoms with Gasteiger partial charge in [-0.3, -0.25) is 9.59 Å². The first-order valence-corrected chi connectivity index (χ1v) is 4.74. The molecule has 0 bridgehead atoms. The second-order valence-corrected chi connectivity index (χ2v) is 3.40. The highest BCUT2D eigenvalue weighted by Crippen LogP contribution is 2.25. The van der Waals surface area contributed by atoms with E-state index >= 15 is 0 Å². The van der Waals surface area contributed by atoms with Crippen LogP contribution >= 0.6 is 0 Å². The number of aliphatic hydroxyl groups is 2. The zero-order valence-corrected chi connectivity index (χ0v) is 8.95. The van der Waals surface area contributed by atoms with Gasteiger partial charge in [0.2, 0.25) is 0 Å². The smallest absolute Gasteiger partial charge is 0.303 e. The predicted molar refractivity (Wildman–Crippen MR) is 49.1 cm³/mol. The largest absolute Gasteiger partial charge is 0.455 e. The van der Waals surface area contributed by atoms with Crippen LogP contribution in [0, 0.1) is 0 Å². The molecule has 0 spiro atoms. The number of carbonyl (C=O) groups excluding carboxylic acids is 2. The first-order chi connectivity index (χ1) is 7.45. The van der Waals surface area contributed by atoms with E-state index in [1.165, 1.54) is 6.92 Å². The van der Waals surface area contributed by atoms with Crippen molar-refractivity contribution in [1.29, 1.82) is 0 Å². The summed E-state index contributed by atoms with van der Waals surface area (Å²) in [6.45, 7) is 1.88. The van der Waals surface area contributed by atoms with Gasteiger partial charge in [0.25, 0.3) is 0 Å². The Kier molecular flexibility index (Phi) is 4.22. The summed E-state index contributed by atoms with van der Waals surface area (Å²) in [7, 11) is 0. The third-order valence-electron chi connectivity index (χ3n) is 2.07. The third kappa shape index (κ3) is 2.91. The monoisotopic (exact) mass is 234 g/mol. The summed E-state index contributed by atoms with van der Waals surface area (Å²) in [5, 5.41) is 18.4. The number of rotatable bonds is 3. The van der Waals surface area contributed by atoms with Crippen molar-refractivity contribution in [3.8, 4) is 0 Å². The Morgan fingerprint density at radius 2 is 1.69 bits per heavy atom. The van der Waals surface area contributed by atoms with Crippen LogP contribution < -0.4 is 0 Å². The molecule has 0 aromatic heterocycles. The Balaban J connectivity index is 2.76. The number of hydrogen-bond acceptors (Lipinski definition) is 7. The summed E-state index contributed by atoms with van der Waals surface area (Å²) >= 11 is 0. The van der Waals surface area contributed by atoms with Gasteiger partial charge >= 0.3 is 11.9 Å². The van der Waals surface area contributed by atoms with E-state index in [1.54, 1.807) is 0 Å². The number of aliphatic hydroxyl groups excluding tert-OH is 2. The van der Waals surface area contributed by atoms with E-state index in [4.69, 9.17) is 19.3 Å². The summed E-state index contributed by atoms with van der Waals surface area (Å²) < 4.78 is 14.5. The van der Waals surface area contributed by atoms with Crippen molar-refractivity contribution >= 4 is 11.9 Å². The second kappa shape index (κ2) is 5.24. The molecule has 0 aromatic rings. The van der Waals surface area contributed by atoms with Crippen molar-refractivity contribution in [2.75, 3.05) is 6.61 Å². The predicted octanol–water partition coefficient (Wildman–Crippen LogP) is -1.44. The Morgan fingerprint density at radius 3 is 2.12 bits per heavy atom. The third-order valence-corrected chi connectivity index (χ3v) is 2.07. The minimum Gasteiger partial charge on any atom is -0.455 e. The number of carbonyl (C=O) groups is 2. The Hall–Kier alpha value is -1.18. The molecule has 92 valence electrons. The van der Waals surface area contributed by atoms with Gasteiger partial charge in [-0.2, -0.15) is 0 Å². The summed E-state index contributed by atoms with van der Waals surface area (Å²) in [6.07, 6.45) is -4.42. The molecule has 16 heavy (non-hydrogen) atoms. The van der Waals surface area contributed by atoms with E-state index in [0.717, 1.165) is 6.92 Å². The highest BCUT2D eigenvalue weighted by Gasteiger charge is 2.48. The Bertz CT molecular complexity index is 277. The molecule has 4 atom stereocenters. The lowest BCUT2D eigenvalue weighted by Gasteiger charge is -2.21. The molecule has 7 heteroatoms. The van der Waals surface area contributed by atoms with Crippen molar-refractivity contribution < 1.29 is 34.0 Å². The van der Waals surface area contributed by atoms with Crippen molar-refractivity contribution in [3.05, 3.63) is 0 Å². The van der Waals surface area contributed by atoms with E-state index in [9.17, 15) is 14.7 Å². The standard InChI is InChI=1S/C9H14O7/c1-4(11)14-7-6(3-10)16-9(13)8(7)15-5(2)12/h6-10,13H,3H2,1-2H3/t6-,7-,8+,9-/m1/s1. The van der Waals surface area contributed by atoms with Crippen molar-refractivity contribution in [1.82, 2.24) is 0 Å². The topological polar surface area (TPSA) is 102 Å². The normalized spacial score (nSPS) is 33.5. The molecule has 0 unspecified atom stereocenters. The summed E-state index contributed by atoms with van der Waals surface area (Å²) in [5.74, 6) is -1.25.